The van der Waals surface area contributed by atoms with E-state index in [2.05, 4.69) is 0 Å². The van der Waals surface area contributed by atoms with E-state index in [0.29, 0.717) is 13.0 Å². The monoisotopic (exact) mass is 222 g/mol. The van der Waals surface area contributed by atoms with Crippen molar-refractivity contribution >= 4 is 5.91 Å². The molecule has 1 aromatic rings. The lowest BCUT2D eigenvalue weighted by molar-refractivity contribution is -0.121. The molecule has 0 radical (unpaired) electrons. The van der Waals surface area contributed by atoms with Crippen molar-refractivity contribution in [2.75, 3.05) is 13.7 Å². The Morgan fingerprint density at radius 2 is 1.88 bits per heavy atom. The smallest absolute Gasteiger partial charge is 0.222 e. The molecule has 4 nitrogen and oxygen atoms in total. The van der Waals surface area contributed by atoms with Gasteiger partial charge < -0.3 is 16.2 Å². The first-order valence-corrected chi connectivity index (χ1v) is 5.23. The van der Waals surface area contributed by atoms with Crippen molar-refractivity contribution in [2.45, 2.75) is 13.0 Å². The quantitative estimate of drug-likeness (QED) is 0.733. The topological polar surface area (TPSA) is 78.3 Å². The predicted octanol–water partition coefficient (Wildman–Crippen LogP) is 0.436. The second-order valence-electron chi connectivity index (χ2n) is 3.79. The highest BCUT2D eigenvalue weighted by molar-refractivity contribution is 5.77. The van der Waals surface area contributed by atoms with Crippen LogP contribution in [0, 0.1) is 5.92 Å². The van der Waals surface area contributed by atoms with E-state index < -0.39 is 0 Å². The summed E-state index contributed by atoms with van der Waals surface area (Å²) in [6.07, 6.45) is 0.596. The molecule has 0 heterocycles. The summed E-state index contributed by atoms with van der Waals surface area (Å²) >= 11 is 0. The van der Waals surface area contributed by atoms with Crippen LogP contribution in [0.5, 0.6) is 0 Å². The normalized spacial score (nSPS) is 12.4. The lowest BCUT2D eigenvalue weighted by Crippen LogP contribution is -2.31. The van der Waals surface area contributed by atoms with Gasteiger partial charge in [0.15, 0.2) is 0 Å². The van der Waals surface area contributed by atoms with Crippen LogP contribution in [0.1, 0.15) is 11.1 Å². The zero-order valence-corrected chi connectivity index (χ0v) is 9.48. The summed E-state index contributed by atoms with van der Waals surface area (Å²) in [6.45, 7) is 0.881. The number of ether oxygens (including phenoxy) is 1. The number of carbonyl (C=O) groups is 1. The molecule has 1 aromatic carbocycles. The van der Waals surface area contributed by atoms with Gasteiger partial charge >= 0.3 is 0 Å². The summed E-state index contributed by atoms with van der Waals surface area (Å²) in [7, 11) is 1.66. The van der Waals surface area contributed by atoms with E-state index in [4.69, 9.17) is 16.2 Å². The fourth-order valence-electron chi connectivity index (χ4n) is 1.52. The van der Waals surface area contributed by atoms with Gasteiger partial charge in [0.2, 0.25) is 5.91 Å². The SMILES string of the molecule is COCc1ccc(CC(CN)C(N)=O)cc1. The molecule has 0 saturated heterocycles. The Hall–Kier alpha value is -1.39. The number of benzene rings is 1. The van der Waals surface area contributed by atoms with Crippen molar-refractivity contribution in [3.63, 3.8) is 0 Å². The summed E-state index contributed by atoms with van der Waals surface area (Å²) in [5, 5.41) is 0. The molecule has 0 spiro atoms. The minimum Gasteiger partial charge on any atom is -0.380 e. The van der Waals surface area contributed by atoms with Crippen LogP contribution in [-0.4, -0.2) is 19.6 Å². The van der Waals surface area contributed by atoms with E-state index in [1.165, 1.54) is 0 Å². The zero-order chi connectivity index (χ0) is 12.0. The highest BCUT2D eigenvalue weighted by atomic mass is 16.5. The standard InChI is InChI=1S/C12H18N2O2/c1-16-8-10-4-2-9(3-5-10)6-11(7-13)12(14)15/h2-5,11H,6-8,13H2,1H3,(H2,14,15). The summed E-state index contributed by atoms with van der Waals surface area (Å²) in [4.78, 5) is 11.0. The van der Waals surface area contributed by atoms with Gasteiger partial charge in [0, 0.05) is 13.7 Å². The molecule has 1 atom stereocenters. The van der Waals surface area contributed by atoms with Gasteiger partial charge in [-0.3, -0.25) is 4.79 Å². The maximum Gasteiger partial charge on any atom is 0.222 e. The zero-order valence-electron chi connectivity index (χ0n) is 9.48. The number of hydrogen-bond donors (Lipinski definition) is 2. The van der Waals surface area contributed by atoms with E-state index in [-0.39, 0.29) is 18.4 Å². The average Bonchev–Trinajstić information content (AvgIpc) is 2.28. The largest absolute Gasteiger partial charge is 0.380 e. The molecule has 0 fully saturated rings. The van der Waals surface area contributed by atoms with Crippen molar-refractivity contribution in [3.8, 4) is 0 Å². The lowest BCUT2D eigenvalue weighted by Gasteiger charge is -2.10. The fraction of sp³-hybridized carbons (Fsp3) is 0.417. The van der Waals surface area contributed by atoms with Crippen molar-refractivity contribution in [1.29, 1.82) is 0 Å². The van der Waals surface area contributed by atoms with Gasteiger partial charge in [-0.25, -0.2) is 0 Å². The molecule has 0 aliphatic rings. The van der Waals surface area contributed by atoms with Crippen LogP contribution in [0.15, 0.2) is 24.3 Å². The molecule has 0 saturated carbocycles. The molecule has 0 aromatic heterocycles. The molecule has 4 N–H and O–H groups in total. The first kappa shape index (κ1) is 12.7. The van der Waals surface area contributed by atoms with Crippen molar-refractivity contribution < 1.29 is 9.53 Å². The number of hydrogen-bond acceptors (Lipinski definition) is 3. The minimum atomic E-state index is -0.344. The van der Waals surface area contributed by atoms with Crippen LogP contribution in [0.2, 0.25) is 0 Å². The summed E-state index contributed by atoms with van der Waals surface area (Å²) < 4.78 is 5.01. The van der Waals surface area contributed by atoms with Gasteiger partial charge in [0.25, 0.3) is 0 Å². The van der Waals surface area contributed by atoms with E-state index in [1.54, 1.807) is 7.11 Å². The summed E-state index contributed by atoms with van der Waals surface area (Å²) in [5.41, 5.74) is 12.9. The lowest BCUT2D eigenvalue weighted by atomic mass is 9.98. The minimum absolute atomic E-state index is 0.284. The molecule has 0 bridgehead atoms. The highest BCUT2D eigenvalue weighted by Crippen LogP contribution is 2.10. The Morgan fingerprint density at radius 3 is 2.31 bits per heavy atom. The number of primary amides is 1. The van der Waals surface area contributed by atoms with Gasteiger partial charge in [0.05, 0.1) is 12.5 Å². The Bertz CT molecular complexity index is 335. The van der Waals surface area contributed by atoms with Gasteiger partial charge in [-0.1, -0.05) is 24.3 Å². The Morgan fingerprint density at radius 1 is 1.31 bits per heavy atom. The van der Waals surface area contributed by atoms with Crippen molar-refractivity contribution in [1.82, 2.24) is 0 Å². The van der Waals surface area contributed by atoms with Crippen LogP contribution >= 0.6 is 0 Å². The second-order valence-corrected chi connectivity index (χ2v) is 3.79. The summed E-state index contributed by atoms with van der Waals surface area (Å²) in [5.74, 6) is -0.628. The van der Waals surface area contributed by atoms with Crippen LogP contribution < -0.4 is 11.5 Å². The average molecular weight is 222 g/mol. The maximum atomic E-state index is 11.0. The van der Waals surface area contributed by atoms with E-state index in [0.717, 1.165) is 11.1 Å². The third kappa shape index (κ3) is 3.64. The van der Waals surface area contributed by atoms with E-state index in [9.17, 15) is 4.79 Å². The Kier molecular flexibility index (Phi) is 4.95. The molecule has 4 heteroatoms. The number of carbonyl (C=O) groups excluding carboxylic acids is 1. The van der Waals surface area contributed by atoms with E-state index in [1.807, 2.05) is 24.3 Å². The van der Waals surface area contributed by atoms with Crippen LogP contribution in [0.3, 0.4) is 0 Å². The Balaban J connectivity index is 2.63. The molecule has 1 amide bonds. The van der Waals surface area contributed by atoms with Crippen LogP contribution in [0.4, 0.5) is 0 Å². The van der Waals surface area contributed by atoms with Gasteiger partial charge in [-0.15, -0.1) is 0 Å². The Labute approximate surface area is 95.6 Å². The first-order valence-electron chi connectivity index (χ1n) is 5.23. The maximum absolute atomic E-state index is 11.0. The third-order valence-corrected chi connectivity index (χ3v) is 2.50. The highest BCUT2D eigenvalue weighted by Gasteiger charge is 2.13. The van der Waals surface area contributed by atoms with E-state index >= 15 is 0 Å². The molecule has 16 heavy (non-hydrogen) atoms. The number of nitrogens with two attached hydrogens (primary N) is 2. The fourth-order valence-corrected chi connectivity index (χ4v) is 1.52. The molecule has 88 valence electrons. The second kappa shape index (κ2) is 6.25. The van der Waals surface area contributed by atoms with Crippen molar-refractivity contribution in [3.05, 3.63) is 35.4 Å². The molecule has 0 aliphatic carbocycles. The molecule has 1 unspecified atom stereocenters. The van der Waals surface area contributed by atoms with Crippen LogP contribution in [-0.2, 0) is 22.6 Å². The van der Waals surface area contributed by atoms with Crippen LogP contribution in [0.25, 0.3) is 0 Å². The number of rotatable bonds is 6. The number of methoxy groups -OCH3 is 1. The van der Waals surface area contributed by atoms with Gasteiger partial charge in [-0.2, -0.15) is 0 Å². The predicted molar refractivity (Wildman–Crippen MR) is 62.6 cm³/mol. The van der Waals surface area contributed by atoms with Gasteiger partial charge in [0.1, 0.15) is 0 Å². The summed E-state index contributed by atoms with van der Waals surface area (Å²) in [6, 6.07) is 7.90. The van der Waals surface area contributed by atoms with Gasteiger partial charge in [-0.05, 0) is 17.5 Å². The molecular formula is C12H18N2O2. The third-order valence-electron chi connectivity index (χ3n) is 2.50. The van der Waals surface area contributed by atoms with Crippen molar-refractivity contribution in [2.24, 2.45) is 17.4 Å². The first-order chi connectivity index (χ1) is 7.67. The molecule has 0 aliphatic heterocycles. The number of amides is 1. The molecule has 1 rings (SSSR count). The molecular weight excluding hydrogens is 204 g/mol.